The number of amides is 1. The number of ketones is 1. The normalized spacial score (nSPS) is 10.7. The predicted molar refractivity (Wildman–Crippen MR) is 105 cm³/mol. The number of rotatable bonds is 4. The number of nitrogens with zero attached hydrogens (tertiary/aromatic N) is 2. The Kier molecular flexibility index (Phi) is 4.26. The molecule has 1 amide bonds. The van der Waals surface area contributed by atoms with Crippen molar-refractivity contribution in [1.29, 1.82) is 0 Å². The van der Waals surface area contributed by atoms with Gasteiger partial charge >= 0.3 is 0 Å². The number of Topliss-reactive ketones (excluding diaryl/α,β-unsaturated/α-hetero) is 1. The van der Waals surface area contributed by atoms with E-state index in [1.807, 2.05) is 41.0 Å². The first kappa shape index (κ1) is 16.7. The first-order chi connectivity index (χ1) is 13.1. The highest BCUT2D eigenvalue weighted by molar-refractivity contribution is 6.06. The molecule has 5 heteroatoms. The van der Waals surface area contributed by atoms with Crippen LogP contribution in [-0.4, -0.2) is 21.2 Å². The summed E-state index contributed by atoms with van der Waals surface area (Å²) in [7, 11) is 0. The maximum Gasteiger partial charge on any atom is 0.255 e. The van der Waals surface area contributed by atoms with Crippen molar-refractivity contribution >= 4 is 28.4 Å². The summed E-state index contributed by atoms with van der Waals surface area (Å²) < 4.78 is 1.98. The molecule has 0 spiro atoms. The van der Waals surface area contributed by atoms with Gasteiger partial charge in [-0.15, -0.1) is 0 Å². The van der Waals surface area contributed by atoms with Crippen LogP contribution in [0.1, 0.15) is 27.6 Å². The summed E-state index contributed by atoms with van der Waals surface area (Å²) in [5, 5.41) is 2.84. The monoisotopic (exact) mass is 355 g/mol. The Hall–Kier alpha value is -3.73. The van der Waals surface area contributed by atoms with Crippen molar-refractivity contribution in [1.82, 2.24) is 9.55 Å². The van der Waals surface area contributed by atoms with Gasteiger partial charge in [0, 0.05) is 22.5 Å². The summed E-state index contributed by atoms with van der Waals surface area (Å²) in [5.41, 5.74) is 4.47. The van der Waals surface area contributed by atoms with Crippen molar-refractivity contribution in [2.75, 3.05) is 5.32 Å². The second-order valence-electron chi connectivity index (χ2n) is 6.24. The van der Waals surface area contributed by atoms with Crippen molar-refractivity contribution < 1.29 is 9.59 Å². The third kappa shape index (κ3) is 3.35. The van der Waals surface area contributed by atoms with E-state index in [0.29, 0.717) is 16.8 Å². The number of hydrogen-bond acceptors (Lipinski definition) is 3. The first-order valence-corrected chi connectivity index (χ1v) is 8.57. The van der Waals surface area contributed by atoms with E-state index >= 15 is 0 Å². The molecule has 0 bridgehead atoms. The number of nitrogens with one attached hydrogen (secondary N) is 1. The van der Waals surface area contributed by atoms with Gasteiger partial charge in [-0.2, -0.15) is 0 Å². The van der Waals surface area contributed by atoms with Gasteiger partial charge in [0.2, 0.25) is 0 Å². The van der Waals surface area contributed by atoms with Gasteiger partial charge in [-0.1, -0.05) is 18.2 Å². The Morgan fingerprint density at radius 2 is 1.59 bits per heavy atom. The van der Waals surface area contributed by atoms with Gasteiger partial charge < -0.3 is 5.32 Å². The fraction of sp³-hybridized carbons (Fsp3) is 0.0455. The topological polar surface area (TPSA) is 64.0 Å². The number of para-hydroxylation sites is 1. The number of carbonyl (C=O) groups excluding carboxylic acids is 2. The predicted octanol–water partition coefficient (Wildman–Crippen LogP) is 4.48. The summed E-state index contributed by atoms with van der Waals surface area (Å²) in [6.07, 6.45) is 1.75. The van der Waals surface area contributed by atoms with Gasteiger partial charge in [-0.25, -0.2) is 4.98 Å². The molecule has 4 aromatic rings. The first-order valence-electron chi connectivity index (χ1n) is 8.57. The van der Waals surface area contributed by atoms with E-state index < -0.39 is 0 Å². The SMILES string of the molecule is CC(=O)c1ccc(NC(=O)c2ccc3c(c2)ncn3-c2ccccc2)cc1. The summed E-state index contributed by atoms with van der Waals surface area (Å²) in [6, 6.07) is 22.2. The molecule has 5 nitrogen and oxygen atoms in total. The molecule has 1 N–H and O–H groups in total. The lowest BCUT2D eigenvalue weighted by molar-refractivity contribution is 0.101. The van der Waals surface area contributed by atoms with Crippen LogP contribution in [0.4, 0.5) is 5.69 Å². The smallest absolute Gasteiger partial charge is 0.255 e. The van der Waals surface area contributed by atoms with Crippen LogP contribution in [0.5, 0.6) is 0 Å². The molecule has 0 atom stereocenters. The van der Waals surface area contributed by atoms with Crippen LogP contribution in [0.25, 0.3) is 16.7 Å². The zero-order valence-electron chi connectivity index (χ0n) is 14.7. The second-order valence-corrected chi connectivity index (χ2v) is 6.24. The number of anilines is 1. The molecule has 3 aromatic carbocycles. The summed E-state index contributed by atoms with van der Waals surface area (Å²) >= 11 is 0. The standard InChI is InChI=1S/C22H17N3O2/c1-15(26)16-7-10-18(11-8-16)24-22(27)17-9-12-21-20(13-17)23-14-25(21)19-5-3-2-4-6-19/h2-14H,1H3,(H,24,27). The molecule has 0 radical (unpaired) electrons. The molecule has 0 saturated carbocycles. The fourth-order valence-corrected chi connectivity index (χ4v) is 2.94. The van der Waals surface area contributed by atoms with Gasteiger partial charge in [0.05, 0.1) is 11.0 Å². The zero-order valence-corrected chi connectivity index (χ0v) is 14.7. The van der Waals surface area contributed by atoms with Gasteiger partial charge in [-0.05, 0) is 61.5 Å². The number of fused-ring (bicyclic) bond motifs is 1. The highest BCUT2D eigenvalue weighted by atomic mass is 16.1. The Balaban J connectivity index is 1.58. The highest BCUT2D eigenvalue weighted by Crippen LogP contribution is 2.20. The Morgan fingerprint density at radius 3 is 2.30 bits per heavy atom. The maximum atomic E-state index is 12.5. The molecule has 1 heterocycles. The molecule has 0 aliphatic carbocycles. The Morgan fingerprint density at radius 1 is 0.889 bits per heavy atom. The van der Waals surface area contributed by atoms with E-state index in [2.05, 4.69) is 10.3 Å². The summed E-state index contributed by atoms with van der Waals surface area (Å²) in [4.78, 5) is 28.3. The van der Waals surface area contributed by atoms with Crippen LogP contribution in [0.15, 0.2) is 79.1 Å². The summed E-state index contributed by atoms with van der Waals surface area (Å²) in [5.74, 6) is -0.228. The number of hydrogen-bond donors (Lipinski definition) is 1. The lowest BCUT2D eigenvalue weighted by atomic mass is 10.1. The van der Waals surface area contributed by atoms with Crippen LogP contribution in [0.2, 0.25) is 0 Å². The van der Waals surface area contributed by atoms with Crippen LogP contribution >= 0.6 is 0 Å². The molecule has 27 heavy (non-hydrogen) atoms. The van der Waals surface area contributed by atoms with Crippen molar-refractivity contribution in [2.45, 2.75) is 6.92 Å². The van der Waals surface area contributed by atoms with Gasteiger partial charge in [0.15, 0.2) is 5.78 Å². The van der Waals surface area contributed by atoms with Crippen LogP contribution in [0.3, 0.4) is 0 Å². The van der Waals surface area contributed by atoms with Crippen molar-refractivity contribution in [2.24, 2.45) is 0 Å². The second kappa shape index (κ2) is 6.88. The van der Waals surface area contributed by atoms with Crippen molar-refractivity contribution in [3.8, 4) is 5.69 Å². The Bertz CT molecular complexity index is 1130. The molecule has 4 rings (SSSR count). The minimum absolute atomic E-state index is 0.00710. The van der Waals surface area contributed by atoms with Crippen LogP contribution in [0, 0.1) is 0 Å². The van der Waals surface area contributed by atoms with Gasteiger partial charge in [0.1, 0.15) is 6.33 Å². The fourth-order valence-electron chi connectivity index (χ4n) is 2.94. The number of imidazole rings is 1. The van der Waals surface area contributed by atoms with Crippen LogP contribution in [-0.2, 0) is 0 Å². The molecule has 0 aliphatic heterocycles. The van der Waals surface area contributed by atoms with Crippen molar-refractivity contribution in [3.63, 3.8) is 0 Å². The third-order valence-corrected chi connectivity index (χ3v) is 4.39. The highest BCUT2D eigenvalue weighted by Gasteiger charge is 2.11. The van der Waals surface area contributed by atoms with Gasteiger partial charge in [-0.3, -0.25) is 14.2 Å². The van der Waals surface area contributed by atoms with Crippen LogP contribution < -0.4 is 5.32 Å². The van der Waals surface area contributed by atoms with E-state index in [9.17, 15) is 9.59 Å². The maximum absolute atomic E-state index is 12.5. The average Bonchev–Trinajstić information content (AvgIpc) is 3.12. The zero-order chi connectivity index (χ0) is 18.8. The molecule has 0 aliphatic rings. The molecule has 132 valence electrons. The minimum Gasteiger partial charge on any atom is -0.322 e. The van der Waals surface area contributed by atoms with E-state index in [1.54, 1.807) is 42.7 Å². The number of benzene rings is 3. The van der Waals surface area contributed by atoms with E-state index in [4.69, 9.17) is 0 Å². The molecular weight excluding hydrogens is 338 g/mol. The van der Waals surface area contributed by atoms with Gasteiger partial charge in [0.25, 0.3) is 5.91 Å². The lowest BCUT2D eigenvalue weighted by Crippen LogP contribution is -2.11. The molecular formula is C22H17N3O2. The number of aromatic nitrogens is 2. The largest absolute Gasteiger partial charge is 0.322 e. The van der Waals surface area contributed by atoms with E-state index in [1.165, 1.54) is 6.92 Å². The molecule has 0 unspecified atom stereocenters. The summed E-state index contributed by atoms with van der Waals surface area (Å²) in [6.45, 7) is 1.51. The molecule has 0 saturated heterocycles. The quantitative estimate of drug-likeness (QED) is 0.549. The van der Waals surface area contributed by atoms with Crippen molar-refractivity contribution in [3.05, 3.63) is 90.3 Å². The Labute approximate surface area is 156 Å². The molecule has 1 aromatic heterocycles. The number of carbonyl (C=O) groups is 2. The third-order valence-electron chi connectivity index (χ3n) is 4.39. The van der Waals surface area contributed by atoms with E-state index in [-0.39, 0.29) is 11.7 Å². The minimum atomic E-state index is -0.221. The molecule has 0 fully saturated rings. The van der Waals surface area contributed by atoms with E-state index in [0.717, 1.165) is 16.7 Å². The lowest BCUT2D eigenvalue weighted by Gasteiger charge is -2.07. The average molecular weight is 355 g/mol.